The van der Waals surface area contributed by atoms with Gasteiger partial charge in [0.05, 0.1) is 17.3 Å². The van der Waals surface area contributed by atoms with Crippen LogP contribution in [-0.4, -0.2) is 44.2 Å². The van der Waals surface area contributed by atoms with Gasteiger partial charge in [0, 0.05) is 48.9 Å². The quantitative estimate of drug-likeness (QED) is 0.661. The molecule has 3 heterocycles. The number of carbonyl (C=O) groups excluding carboxylic acids is 1. The average molecular weight is 436 g/mol. The number of halogens is 3. The number of rotatable bonds is 3. The summed E-state index contributed by atoms with van der Waals surface area (Å²) in [6.45, 7) is 2.41. The third-order valence-corrected chi connectivity index (χ3v) is 5.93. The number of fused-ring (bicyclic) bond motifs is 1. The van der Waals surface area contributed by atoms with Gasteiger partial charge in [-0.15, -0.1) is 0 Å². The van der Waals surface area contributed by atoms with Crippen molar-refractivity contribution in [3.05, 3.63) is 57.1 Å². The van der Waals surface area contributed by atoms with Gasteiger partial charge < -0.3 is 15.2 Å². The normalized spacial score (nSPS) is 19.3. The highest BCUT2D eigenvalue weighted by atomic mass is 35.5. The smallest absolute Gasteiger partial charge is 0.258 e. The van der Waals surface area contributed by atoms with E-state index in [1.807, 2.05) is 6.92 Å². The van der Waals surface area contributed by atoms with E-state index >= 15 is 0 Å². The summed E-state index contributed by atoms with van der Waals surface area (Å²) in [5.74, 6) is -2.19. The fraction of sp³-hybridized carbons (Fsp3) is 0.350. The van der Waals surface area contributed by atoms with Crippen LogP contribution < -0.4 is 10.9 Å². The van der Waals surface area contributed by atoms with Crippen LogP contribution in [0.2, 0.25) is 5.15 Å². The molecule has 0 unspecified atom stereocenters. The minimum atomic E-state index is -1.02. The van der Waals surface area contributed by atoms with E-state index in [0.717, 1.165) is 12.1 Å². The summed E-state index contributed by atoms with van der Waals surface area (Å²) in [5, 5.41) is 7.96. The van der Waals surface area contributed by atoms with Gasteiger partial charge in [0.1, 0.15) is 5.15 Å². The number of aromatic nitrogens is 3. The molecule has 1 aliphatic rings. The van der Waals surface area contributed by atoms with E-state index in [4.69, 9.17) is 11.6 Å². The van der Waals surface area contributed by atoms with Gasteiger partial charge in [-0.25, -0.2) is 8.78 Å². The minimum Gasteiger partial charge on any atom is -0.381 e. The summed E-state index contributed by atoms with van der Waals surface area (Å²) in [6, 6.07) is 3.22. The number of amides is 1. The number of aryl methyl sites for hydroxylation is 1. The number of hydrogen-bond donors (Lipinski definition) is 2. The van der Waals surface area contributed by atoms with Crippen LogP contribution in [0.4, 0.5) is 14.5 Å². The minimum absolute atomic E-state index is 0.0495. The number of carbonyl (C=O) groups is 1. The third kappa shape index (κ3) is 3.65. The van der Waals surface area contributed by atoms with Crippen molar-refractivity contribution in [3.63, 3.8) is 0 Å². The Balaban J connectivity index is 1.53. The summed E-state index contributed by atoms with van der Waals surface area (Å²) in [4.78, 5) is 29.1. The summed E-state index contributed by atoms with van der Waals surface area (Å²) in [5.41, 5.74) is 0.592. The molecule has 0 aliphatic carbocycles. The Bertz CT molecular complexity index is 1190. The molecule has 2 atom stereocenters. The van der Waals surface area contributed by atoms with Crippen LogP contribution in [-0.2, 0) is 7.05 Å². The first-order valence-electron chi connectivity index (χ1n) is 9.51. The highest BCUT2D eigenvalue weighted by Gasteiger charge is 2.31. The maximum atomic E-state index is 13.7. The molecule has 2 aromatic heterocycles. The average Bonchev–Trinajstić information content (AvgIpc) is 3.02. The molecule has 1 aliphatic heterocycles. The van der Waals surface area contributed by atoms with Gasteiger partial charge in [-0.3, -0.25) is 14.3 Å². The van der Waals surface area contributed by atoms with E-state index in [2.05, 4.69) is 15.4 Å². The van der Waals surface area contributed by atoms with Crippen molar-refractivity contribution in [3.8, 4) is 0 Å². The molecular weight excluding hydrogens is 416 g/mol. The van der Waals surface area contributed by atoms with Crippen molar-refractivity contribution in [2.45, 2.75) is 31.8 Å². The molecule has 1 fully saturated rings. The van der Waals surface area contributed by atoms with Crippen LogP contribution in [0.5, 0.6) is 0 Å². The second kappa shape index (κ2) is 7.71. The van der Waals surface area contributed by atoms with Gasteiger partial charge in [-0.2, -0.15) is 5.10 Å². The molecule has 7 nitrogen and oxygen atoms in total. The van der Waals surface area contributed by atoms with E-state index in [9.17, 15) is 18.4 Å². The van der Waals surface area contributed by atoms with E-state index in [1.165, 1.54) is 16.9 Å². The zero-order chi connectivity index (χ0) is 21.6. The Morgan fingerprint density at radius 1 is 1.30 bits per heavy atom. The molecule has 1 aromatic carbocycles. The summed E-state index contributed by atoms with van der Waals surface area (Å²) in [6.07, 6.45) is 2.69. The Kier molecular flexibility index (Phi) is 5.23. The number of nitrogens with one attached hydrogen (secondary N) is 2. The van der Waals surface area contributed by atoms with E-state index in [0.29, 0.717) is 36.0 Å². The van der Waals surface area contributed by atoms with Crippen LogP contribution in [0, 0.1) is 11.6 Å². The largest absolute Gasteiger partial charge is 0.381 e. The van der Waals surface area contributed by atoms with Crippen molar-refractivity contribution in [2.75, 3.05) is 11.9 Å². The zero-order valence-electron chi connectivity index (χ0n) is 16.4. The molecule has 3 aromatic rings. The van der Waals surface area contributed by atoms with Crippen LogP contribution in [0.15, 0.2) is 29.2 Å². The number of pyridine rings is 1. The number of hydrogen-bond acceptors (Lipinski definition) is 4. The maximum Gasteiger partial charge on any atom is 0.258 e. The molecule has 0 saturated carbocycles. The SMILES string of the molecule is C[C@@H]1C[C@@H](Nc2cc(=O)[nH]c3cc(F)c(F)cc23)CCN1C(=O)c1cnn(C)c1Cl. The van der Waals surface area contributed by atoms with Crippen molar-refractivity contribution >= 4 is 34.1 Å². The van der Waals surface area contributed by atoms with E-state index < -0.39 is 17.2 Å². The maximum absolute atomic E-state index is 13.7. The monoisotopic (exact) mass is 435 g/mol. The lowest BCUT2D eigenvalue weighted by Gasteiger charge is -2.38. The summed E-state index contributed by atoms with van der Waals surface area (Å²) < 4.78 is 28.7. The van der Waals surface area contributed by atoms with E-state index in [1.54, 1.807) is 11.9 Å². The van der Waals surface area contributed by atoms with Gasteiger partial charge in [0.2, 0.25) is 5.56 Å². The molecule has 4 rings (SSSR count). The molecule has 0 spiro atoms. The lowest BCUT2D eigenvalue weighted by Crippen LogP contribution is -2.48. The summed E-state index contributed by atoms with van der Waals surface area (Å²) >= 11 is 6.15. The molecule has 10 heteroatoms. The van der Waals surface area contributed by atoms with E-state index in [-0.39, 0.29) is 28.7 Å². The predicted molar refractivity (Wildman–Crippen MR) is 110 cm³/mol. The number of aromatic amines is 1. The molecule has 0 bridgehead atoms. The van der Waals surface area contributed by atoms with Crippen molar-refractivity contribution < 1.29 is 13.6 Å². The Hall–Kier alpha value is -2.94. The molecule has 30 heavy (non-hydrogen) atoms. The van der Waals surface area contributed by atoms with Gasteiger partial charge in [0.25, 0.3) is 5.91 Å². The number of piperidine rings is 1. The molecule has 1 amide bonds. The van der Waals surface area contributed by atoms with Crippen molar-refractivity contribution in [2.24, 2.45) is 7.05 Å². The first-order valence-corrected chi connectivity index (χ1v) is 9.89. The number of likely N-dealkylation sites (tertiary alicyclic amines) is 1. The van der Waals surface area contributed by atoms with Crippen LogP contribution in [0.25, 0.3) is 10.9 Å². The number of benzene rings is 1. The van der Waals surface area contributed by atoms with Crippen LogP contribution in [0.1, 0.15) is 30.1 Å². The second-order valence-corrected chi connectivity index (χ2v) is 7.90. The first-order chi connectivity index (χ1) is 14.2. The summed E-state index contributed by atoms with van der Waals surface area (Å²) in [7, 11) is 1.67. The molecule has 1 saturated heterocycles. The van der Waals surface area contributed by atoms with Gasteiger partial charge in [-0.1, -0.05) is 11.6 Å². The standard InChI is InChI=1S/C20H20ClF2N5O2/c1-10-5-11(3-4-28(10)20(30)13-9-24-27(2)19(13)21)25-17-8-18(29)26-16-7-15(23)14(22)6-12(16)17/h6-11H,3-5H2,1-2H3,(H2,25,26,29)/t10-,11+/m1/s1. The molecular formula is C20H20ClF2N5O2. The number of nitrogens with zero attached hydrogens (tertiary/aromatic N) is 3. The zero-order valence-corrected chi connectivity index (χ0v) is 17.1. The third-order valence-electron chi connectivity index (χ3n) is 5.48. The molecule has 158 valence electrons. The first kappa shape index (κ1) is 20.3. The van der Waals surface area contributed by atoms with Gasteiger partial charge in [0.15, 0.2) is 11.6 Å². The lowest BCUT2D eigenvalue weighted by atomic mass is 9.97. The fourth-order valence-corrected chi connectivity index (χ4v) is 4.09. The Morgan fingerprint density at radius 3 is 2.70 bits per heavy atom. The molecule has 0 radical (unpaired) electrons. The Morgan fingerprint density at radius 2 is 2.03 bits per heavy atom. The lowest BCUT2D eigenvalue weighted by molar-refractivity contribution is 0.0625. The van der Waals surface area contributed by atoms with Gasteiger partial charge >= 0.3 is 0 Å². The highest BCUT2D eigenvalue weighted by Crippen LogP contribution is 2.28. The van der Waals surface area contributed by atoms with Crippen LogP contribution in [0.3, 0.4) is 0 Å². The Labute approximate surface area is 175 Å². The van der Waals surface area contributed by atoms with Gasteiger partial charge in [-0.05, 0) is 25.8 Å². The fourth-order valence-electron chi connectivity index (χ4n) is 3.92. The number of anilines is 1. The predicted octanol–water partition coefficient (Wildman–Crippen LogP) is 3.30. The second-order valence-electron chi connectivity index (χ2n) is 7.55. The molecule has 2 N–H and O–H groups in total. The van der Waals surface area contributed by atoms with Crippen molar-refractivity contribution in [1.82, 2.24) is 19.7 Å². The van der Waals surface area contributed by atoms with Crippen LogP contribution >= 0.6 is 11.6 Å². The highest BCUT2D eigenvalue weighted by molar-refractivity contribution is 6.32. The van der Waals surface area contributed by atoms with Crippen molar-refractivity contribution in [1.29, 1.82) is 0 Å². The topological polar surface area (TPSA) is 83.0 Å². The number of H-pyrrole nitrogens is 1.